The summed E-state index contributed by atoms with van der Waals surface area (Å²) in [6, 6.07) is 6.26. The quantitative estimate of drug-likeness (QED) is 0.333. The number of nitrogens with one attached hydrogen (secondary N) is 1. The number of anilines is 3. The number of benzene rings is 1. The summed E-state index contributed by atoms with van der Waals surface area (Å²) in [4.78, 5) is 39.6. The molecule has 4 aromatic rings. The van der Waals surface area contributed by atoms with Crippen molar-refractivity contribution in [1.82, 2.24) is 24.7 Å². The molecule has 0 atom stereocenters. The molecule has 12 heteroatoms. The highest BCUT2D eigenvalue weighted by Gasteiger charge is 2.33. The van der Waals surface area contributed by atoms with Gasteiger partial charge in [-0.3, -0.25) is 14.3 Å². The highest BCUT2D eigenvalue weighted by molar-refractivity contribution is 5.96. The molecule has 1 aliphatic heterocycles. The molecule has 1 saturated heterocycles. The maximum absolute atomic E-state index is 12.1. The minimum atomic E-state index is -0.664. The molecule has 1 aromatic carbocycles. The number of oxazole rings is 1. The number of nitrogens with two attached hydrogens (primary N) is 1. The lowest BCUT2D eigenvalue weighted by Gasteiger charge is -2.37. The molecule has 38 heavy (non-hydrogen) atoms. The first-order chi connectivity index (χ1) is 18.0. The highest BCUT2D eigenvalue weighted by Crippen LogP contribution is 2.33. The standard InChI is InChI=1S/C26H30N8O4/c1-26(2,3)38-21(35)8-6-15-5-7-18-20(9-15)37-25(32-18)34-12-16(13-34)19-11-28-24(22(31-19)23(27)36)30-17-10-29-33(4)14-17/h5,7,9-11,14,16H,6,8,12-13H2,1-4H3,(H2,27,36)(H,28,30). The van der Waals surface area contributed by atoms with E-state index in [1.807, 2.05) is 43.9 Å². The van der Waals surface area contributed by atoms with Crippen LogP contribution in [0.5, 0.6) is 0 Å². The molecule has 0 spiro atoms. The maximum Gasteiger partial charge on any atom is 0.306 e. The minimum absolute atomic E-state index is 0.0486. The van der Waals surface area contributed by atoms with E-state index >= 15 is 0 Å². The minimum Gasteiger partial charge on any atom is -0.460 e. The second-order valence-corrected chi connectivity index (χ2v) is 10.4. The molecule has 1 amide bonds. The van der Waals surface area contributed by atoms with E-state index in [9.17, 15) is 9.59 Å². The number of rotatable bonds is 8. The first kappa shape index (κ1) is 25.2. The summed E-state index contributed by atoms with van der Waals surface area (Å²) in [5.74, 6) is -0.561. The van der Waals surface area contributed by atoms with Gasteiger partial charge in [0.1, 0.15) is 11.1 Å². The largest absolute Gasteiger partial charge is 0.460 e. The Bertz CT molecular complexity index is 1500. The zero-order valence-electron chi connectivity index (χ0n) is 21.8. The van der Waals surface area contributed by atoms with E-state index in [1.54, 1.807) is 30.3 Å². The SMILES string of the molecule is Cn1cc(Nc2ncc(C3CN(c4nc5ccc(CCC(=O)OC(C)(C)C)cc5o4)C3)nc2C(N)=O)cn1. The van der Waals surface area contributed by atoms with E-state index in [0.29, 0.717) is 48.9 Å². The van der Waals surface area contributed by atoms with E-state index in [-0.39, 0.29) is 23.4 Å². The molecule has 0 radical (unpaired) electrons. The summed E-state index contributed by atoms with van der Waals surface area (Å²) in [6.07, 6.45) is 5.88. The zero-order valence-corrected chi connectivity index (χ0v) is 21.8. The Kier molecular flexibility index (Phi) is 6.47. The van der Waals surface area contributed by atoms with Crippen LogP contribution in [0, 0.1) is 0 Å². The number of fused-ring (bicyclic) bond motifs is 1. The molecule has 3 N–H and O–H groups in total. The predicted octanol–water partition coefficient (Wildman–Crippen LogP) is 3.07. The van der Waals surface area contributed by atoms with Gasteiger partial charge in [0.15, 0.2) is 17.1 Å². The van der Waals surface area contributed by atoms with Gasteiger partial charge in [-0.15, -0.1) is 0 Å². The van der Waals surface area contributed by atoms with Crippen molar-refractivity contribution in [3.63, 3.8) is 0 Å². The Morgan fingerprint density at radius 1 is 1.21 bits per heavy atom. The van der Waals surface area contributed by atoms with Crippen molar-refractivity contribution in [2.75, 3.05) is 23.3 Å². The van der Waals surface area contributed by atoms with Crippen LogP contribution in [0.25, 0.3) is 11.1 Å². The van der Waals surface area contributed by atoms with Gasteiger partial charge in [0, 0.05) is 38.7 Å². The van der Waals surface area contributed by atoms with E-state index in [0.717, 1.165) is 11.1 Å². The Hall–Kier alpha value is -4.48. The van der Waals surface area contributed by atoms with E-state index in [2.05, 4.69) is 25.4 Å². The maximum atomic E-state index is 12.1. The van der Waals surface area contributed by atoms with Gasteiger partial charge in [-0.05, 0) is 44.9 Å². The van der Waals surface area contributed by atoms with Crippen LogP contribution in [-0.2, 0) is 23.0 Å². The second kappa shape index (κ2) is 9.77. The van der Waals surface area contributed by atoms with Gasteiger partial charge in [0.25, 0.3) is 11.9 Å². The normalized spacial score (nSPS) is 13.9. The lowest BCUT2D eigenvalue weighted by Crippen LogP contribution is -2.45. The molecular weight excluding hydrogens is 488 g/mol. The number of hydrogen-bond donors (Lipinski definition) is 2. The van der Waals surface area contributed by atoms with Crippen molar-refractivity contribution < 1.29 is 18.7 Å². The van der Waals surface area contributed by atoms with Crippen molar-refractivity contribution in [3.05, 3.63) is 53.7 Å². The number of esters is 1. The van der Waals surface area contributed by atoms with E-state index in [4.69, 9.17) is 14.9 Å². The molecule has 1 aliphatic rings. The fourth-order valence-electron chi connectivity index (χ4n) is 4.19. The molecule has 4 heterocycles. The number of carbonyl (C=O) groups is 2. The van der Waals surface area contributed by atoms with Gasteiger partial charge in [-0.1, -0.05) is 6.07 Å². The van der Waals surface area contributed by atoms with Gasteiger partial charge >= 0.3 is 5.97 Å². The average Bonchev–Trinajstić information content (AvgIpc) is 3.41. The molecule has 0 aliphatic carbocycles. The Balaban J connectivity index is 1.23. The highest BCUT2D eigenvalue weighted by atomic mass is 16.6. The molecule has 198 valence electrons. The number of carbonyl (C=O) groups excluding carboxylic acids is 2. The van der Waals surface area contributed by atoms with Crippen LogP contribution in [-0.4, -0.2) is 55.3 Å². The first-order valence-corrected chi connectivity index (χ1v) is 12.3. The van der Waals surface area contributed by atoms with E-state index < -0.39 is 11.5 Å². The summed E-state index contributed by atoms with van der Waals surface area (Å²) in [5, 5.41) is 7.13. The van der Waals surface area contributed by atoms with Crippen molar-refractivity contribution >= 4 is 40.5 Å². The molecule has 0 saturated carbocycles. The monoisotopic (exact) mass is 518 g/mol. The molecule has 0 unspecified atom stereocenters. The van der Waals surface area contributed by atoms with E-state index in [1.165, 1.54) is 0 Å². The second-order valence-electron chi connectivity index (χ2n) is 10.4. The summed E-state index contributed by atoms with van der Waals surface area (Å²) >= 11 is 0. The van der Waals surface area contributed by atoms with Gasteiger partial charge in [0.05, 0.1) is 23.8 Å². The summed E-state index contributed by atoms with van der Waals surface area (Å²) in [5.41, 5.74) is 8.88. The van der Waals surface area contributed by atoms with Crippen LogP contribution < -0.4 is 16.0 Å². The number of primary amides is 1. The molecular formula is C26H30N8O4. The topological polar surface area (TPSA) is 154 Å². The van der Waals surface area contributed by atoms with Crippen LogP contribution in [0.4, 0.5) is 17.5 Å². The number of amides is 1. The third kappa shape index (κ3) is 5.58. The summed E-state index contributed by atoms with van der Waals surface area (Å²) in [7, 11) is 1.79. The van der Waals surface area contributed by atoms with Crippen molar-refractivity contribution in [1.29, 1.82) is 0 Å². The smallest absolute Gasteiger partial charge is 0.306 e. The van der Waals surface area contributed by atoms with Crippen molar-refractivity contribution in [2.45, 2.75) is 45.1 Å². The van der Waals surface area contributed by atoms with Crippen LogP contribution in [0.1, 0.15) is 54.9 Å². The van der Waals surface area contributed by atoms with Crippen LogP contribution in [0.2, 0.25) is 0 Å². The van der Waals surface area contributed by atoms with Crippen LogP contribution in [0.3, 0.4) is 0 Å². The lowest BCUT2D eigenvalue weighted by atomic mass is 9.97. The predicted molar refractivity (Wildman–Crippen MR) is 140 cm³/mol. The Morgan fingerprint density at radius 3 is 2.68 bits per heavy atom. The van der Waals surface area contributed by atoms with Gasteiger partial charge in [0.2, 0.25) is 0 Å². The molecule has 5 rings (SSSR count). The molecule has 0 bridgehead atoms. The lowest BCUT2D eigenvalue weighted by molar-refractivity contribution is -0.154. The summed E-state index contributed by atoms with van der Waals surface area (Å²) in [6.45, 7) is 6.79. The first-order valence-electron chi connectivity index (χ1n) is 12.3. The number of ether oxygens (including phenoxy) is 1. The number of hydrogen-bond acceptors (Lipinski definition) is 10. The van der Waals surface area contributed by atoms with Crippen molar-refractivity contribution in [3.8, 4) is 0 Å². The Labute approximate surface area is 219 Å². The molecule has 1 fully saturated rings. The number of aryl methyl sites for hydroxylation is 2. The van der Waals surface area contributed by atoms with Crippen molar-refractivity contribution in [2.24, 2.45) is 12.8 Å². The van der Waals surface area contributed by atoms with Gasteiger partial charge in [-0.2, -0.15) is 10.1 Å². The fraction of sp³-hybridized carbons (Fsp3) is 0.385. The van der Waals surface area contributed by atoms with Crippen LogP contribution >= 0.6 is 0 Å². The molecule has 3 aromatic heterocycles. The summed E-state index contributed by atoms with van der Waals surface area (Å²) < 4.78 is 13.0. The number of aromatic nitrogens is 5. The molecule has 12 nitrogen and oxygen atoms in total. The zero-order chi connectivity index (χ0) is 27.0. The third-order valence-corrected chi connectivity index (χ3v) is 6.04. The van der Waals surface area contributed by atoms with Crippen LogP contribution in [0.15, 0.2) is 41.2 Å². The van der Waals surface area contributed by atoms with Gasteiger partial charge < -0.3 is 25.1 Å². The fourth-order valence-corrected chi connectivity index (χ4v) is 4.19. The number of nitrogens with zero attached hydrogens (tertiary/aromatic N) is 6. The average molecular weight is 519 g/mol. The van der Waals surface area contributed by atoms with Gasteiger partial charge in [-0.25, -0.2) is 9.97 Å². The third-order valence-electron chi connectivity index (χ3n) is 6.04. The Morgan fingerprint density at radius 2 is 2.00 bits per heavy atom.